The molecule has 0 spiro atoms. The van der Waals surface area contributed by atoms with E-state index in [1.807, 2.05) is 103 Å². The number of carbonyl (C=O) groups excluding carboxylic acids is 3. The van der Waals surface area contributed by atoms with E-state index in [0.29, 0.717) is 93.3 Å². The molecule has 2 fully saturated rings. The fourth-order valence-corrected chi connectivity index (χ4v) is 11.2. The number of likely N-dealkylation sites (N-methyl/N-ethyl adjacent to an activating group) is 2. The second kappa shape index (κ2) is 17.7. The Morgan fingerprint density at radius 3 is 1.76 bits per heavy atom. The highest BCUT2D eigenvalue weighted by atomic mass is 32.2. The molecule has 0 unspecified atom stereocenters. The van der Waals surface area contributed by atoms with Gasteiger partial charge in [-0.05, 0) is 55.3 Å². The third kappa shape index (κ3) is 8.00. The van der Waals surface area contributed by atoms with Crippen molar-refractivity contribution in [2.45, 2.75) is 43.0 Å². The van der Waals surface area contributed by atoms with Gasteiger partial charge in [-0.2, -0.15) is 11.8 Å². The fourth-order valence-electron chi connectivity index (χ4n) is 9.69. The minimum atomic E-state index is -0.159. The smallest absolute Gasteiger partial charge is 0.315 e. The van der Waals surface area contributed by atoms with Crippen molar-refractivity contribution in [3.63, 3.8) is 0 Å². The summed E-state index contributed by atoms with van der Waals surface area (Å²) in [6.07, 6.45) is 3.11. The summed E-state index contributed by atoms with van der Waals surface area (Å²) in [6, 6.07) is 36.9. The number of rotatable bonds is 11. The van der Waals surface area contributed by atoms with Crippen LogP contribution in [0.1, 0.15) is 36.0 Å². The van der Waals surface area contributed by atoms with Crippen LogP contribution >= 0.6 is 11.8 Å². The van der Waals surface area contributed by atoms with Crippen molar-refractivity contribution < 1.29 is 19.1 Å². The van der Waals surface area contributed by atoms with Gasteiger partial charge < -0.3 is 35.1 Å². The van der Waals surface area contributed by atoms with Crippen LogP contribution in [0.5, 0.6) is 11.5 Å². The molecule has 0 radical (unpaired) electrons. The van der Waals surface area contributed by atoms with Crippen molar-refractivity contribution in [2.24, 2.45) is 0 Å². The molecule has 16 nitrogen and oxygen atoms in total. The average molecular weight is 947 g/mol. The highest BCUT2D eigenvalue weighted by Gasteiger charge is 2.42. The Morgan fingerprint density at radius 1 is 0.600 bits per heavy atom. The number of thioether (sulfide) groups is 1. The summed E-state index contributed by atoms with van der Waals surface area (Å²) < 4.78 is 6.41. The van der Waals surface area contributed by atoms with Gasteiger partial charge in [0.05, 0.1) is 12.1 Å². The highest BCUT2D eigenvalue weighted by molar-refractivity contribution is 8.00. The SMILES string of the molecule is CN(CCN(C)C(=O)c1ccc(Oc2ccc3c(c2)-c2nc4nc(nc5[nH]c(nc6[nH]c(nc-3n2)c2ccccc62)c2ccccc52)-c2ccccc2-4)cc1)C(=O)CCCC[C@@H]1SC[C@@H]2NC(=O)N[C@@H]21. The number of urea groups is 1. The first-order valence-electron chi connectivity index (χ1n) is 23.4. The van der Waals surface area contributed by atoms with Crippen LogP contribution in [0.3, 0.4) is 0 Å². The van der Waals surface area contributed by atoms with E-state index in [4.69, 9.17) is 34.6 Å². The van der Waals surface area contributed by atoms with Crippen LogP contribution in [0.15, 0.2) is 115 Å². The van der Waals surface area contributed by atoms with Crippen LogP contribution in [0, 0.1) is 0 Å². The number of hydrogen-bond acceptors (Lipinski definition) is 11. The second-order valence-electron chi connectivity index (χ2n) is 18.0. The summed E-state index contributed by atoms with van der Waals surface area (Å²) in [5.41, 5.74) is 6.19. The quantitative estimate of drug-likeness (QED) is 0.0713. The molecule has 0 saturated carbocycles. The first kappa shape index (κ1) is 43.1. The van der Waals surface area contributed by atoms with E-state index in [9.17, 15) is 14.4 Å². The number of benzene rings is 5. The number of aromatic amines is 2. The van der Waals surface area contributed by atoms with Crippen LogP contribution in [0.25, 0.3) is 89.7 Å². The standard InChI is InChI=1S/C53H46N12O4S/c1-64(42(66)18-10-9-17-41-43-40(28-70-41)54-53(68)55-43)25-26-65(2)52(67)29-19-21-30(22-20-29)69-31-23-24-38-39(27-31)51-62-49-37-16-8-7-15-36(37)47(60-49)58-45-33-12-4-3-11-32(33)44(56-45)57-46-34-13-5-6-14-35(34)48(59-46)61-50(38)63-51/h3-8,11-16,19-24,27,40-41,43H,9-10,17-18,25-26,28H2,1-2H3,(H2,54,55,68)(H2,56,57,58,59,60,61,62,63)/t40-,41-,43-/m0/s1. The van der Waals surface area contributed by atoms with E-state index in [2.05, 4.69) is 20.6 Å². The van der Waals surface area contributed by atoms with Gasteiger partial charge in [-0.15, -0.1) is 0 Å². The van der Waals surface area contributed by atoms with E-state index >= 15 is 0 Å². The maximum absolute atomic E-state index is 13.5. The van der Waals surface area contributed by atoms with Gasteiger partial charge in [-0.3, -0.25) is 9.59 Å². The van der Waals surface area contributed by atoms with Gasteiger partial charge in [-0.1, -0.05) is 79.2 Å². The summed E-state index contributed by atoms with van der Waals surface area (Å²) in [6.45, 7) is 0.805. The minimum Gasteiger partial charge on any atom is -0.457 e. The summed E-state index contributed by atoms with van der Waals surface area (Å²) in [5.74, 6) is 3.77. The predicted molar refractivity (Wildman–Crippen MR) is 271 cm³/mol. The van der Waals surface area contributed by atoms with Gasteiger partial charge in [0.15, 0.2) is 23.3 Å². The van der Waals surface area contributed by atoms with Crippen molar-refractivity contribution in [3.05, 3.63) is 121 Å². The lowest BCUT2D eigenvalue weighted by atomic mass is 10.0. The highest BCUT2D eigenvalue weighted by Crippen LogP contribution is 2.40. The molecule has 5 aromatic carbocycles. The third-order valence-electron chi connectivity index (χ3n) is 13.5. The molecule has 8 bridgehead atoms. The van der Waals surface area contributed by atoms with Crippen LogP contribution in [0.2, 0.25) is 0 Å². The Kier molecular flexibility index (Phi) is 10.9. The zero-order chi connectivity index (χ0) is 47.5. The monoisotopic (exact) mass is 946 g/mol. The van der Waals surface area contributed by atoms with Crippen molar-refractivity contribution in [1.29, 1.82) is 0 Å². The molecule has 348 valence electrons. The molecular weight excluding hydrogens is 901 g/mol. The lowest BCUT2D eigenvalue weighted by Crippen LogP contribution is -2.37. The summed E-state index contributed by atoms with van der Waals surface area (Å²) in [5, 5.41) is 10.0. The van der Waals surface area contributed by atoms with Crippen LogP contribution in [0.4, 0.5) is 4.79 Å². The number of unbranched alkanes of at least 4 members (excludes halogenated alkanes) is 1. The number of nitrogens with zero attached hydrogens (tertiary/aromatic N) is 8. The predicted octanol–water partition coefficient (Wildman–Crippen LogP) is 8.92. The van der Waals surface area contributed by atoms with Crippen molar-refractivity contribution >= 4 is 73.7 Å². The Bertz CT molecular complexity index is 3600. The maximum atomic E-state index is 13.5. The molecule has 4 amide bonds. The molecule has 7 heterocycles. The van der Waals surface area contributed by atoms with E-state index in [1.165, 1.54) is 0 Å². The van der Waals surface area contributed by atoms with Crippen LogP contribution in [-0.2, 0) is 4.79 Å². The Hall–Kier alpha value is -8.18. The summed E-state index contributed by atoms with van der Waals surface area (Å²) >= 11 is 1.89. The van der Waals surface area contributed by atoms with E-state index in [1.54, 1.807) is 48.2 Å². The zero-order valence-electron chi connectivity index (χ0n) is 38.3. The van der Waals surface area contributed by atoms with Gasteiger partial charge in [0, 0.05) is 94.0 Å². The van der Waals surface area contributed by atoms with Gasteiger partial charge in [-0.25, -0.2) is 34.7 Å². The molecule has 4 N–H and O–H groups in total. The van der Waals surface area contributed by atoms with Gasteiger partial charge >= 0.3 is 6.03 Å². The number of aromatic nitrogens is 8. The molecule has 70 heavy (non-hydrogen) atoms. The normalized spacial score (nSPS) is 16.6. The maximum Gasteiger partial charge on any atom is 0.315 e. The molecule has 3 aromatic heterocycles. The number of H-pyrrole nitrogens is 2. The Morgan fingerprint density at radius 2 is 1.13 bits per heavy atom. The van der Waals surface area contributed by atoms with E-state index < -0.39 is 0 Å². The second-order valence-corrected chi connectivity index (χ2v) is 19.3. The molecule has 12 rings (SSSR count). The lowest BCUT2D eigenvalue weighted by molar-refractivity contribution is -0.130. The lowest BCUT2D eigenvalue weighted by Gasteiger charge is -2.23. The van der Waals surface area contributed by atoms with Gasteiger partial charge in [0.2, 0.25) is 5.91 Å². The molecule has 0 aliphatic carbocycles. The van der Waals surface area contributed by atoms with Crippen molar-refractivity contribution in [3.8, 4) is 57.1 Å². The van der Waals surface area contributed by atoms with Crippen LogP contribution < -0.4 is 15.4 Å². The van der Waals surface area contributed by atoms with Gasteiger partial charge in [0.1, 0.15) is 34.1 Å². The van der Waals surface area contributed by atoms with Gasteiger partial charge in [0.25, 0.3) is 5.91 Å². The first-order chi connectivity index (χ1) is 34.2. The topological polar surface area (TPSA) is 200 Å². The van der Waals surface area contributed by atoms with E-state index in [-0.39, 0.29) is 29.9 Å². The molecule has 17 heteroatoms. The molecule has 3 atom stereocenters. The molecule has 4 aliphatic heterocycles. The number of amides is 4. The summed E-state index contributed by atoms with van der Waals surface area (Å²) in [7, 11) is 3.52. The molecule has 4 aliphatic rings. The molecule has 8 aromatic rings. The van der Waals surface area contributed by atoms with Crippen molar-refractivity contribution in [2.75, 3.05) is 32.9 Å². The van der Waals surface area contributed by atoms with Crippen LogP contribution in [-0.4, -0.2) is 118 Å². The first-order valence-corrected chi connectivity index (χ1v) is 24.5. The Labute approximate surface area is 405 Å². The summed E-state index contributed by atoms with van der Waals surface area (Å²) in [4.78, 5) is 78.9. The molecular formula is C53H46N12O4S. The Balaban J connectivity index is 0.785. The largest absolute Gasteiger partial charge is 0.457 e. The van der Waals surface area contributed by atoms with Crippen molar-refractivity contribution in [1.82, 2.24) is 60.3 Å². The number of ether oxygens (including phenoxy) is 1. The fraction of sp³-hybridized carbons (Fsp3) is 0.226. The number of nitrogens with one attached hydrogen (secondary N) is 4. The average Bonchev–Trinajstić information content (AvgIpc) is 4.24. The van der Waals surface area contributed by atoms with E-state index in [0.717, 1.165) is 63.3 Å². The number of fused-ring (bicyclic) bond motifs is 21. The minimum absolute atomic E-state index is 0.0539. The zero-order valence-corrected chi connectivity index (χ0v) is 39.1. The number of hydrogen-bond donors (Lipinski definition) is 4. The third-order valence-corrected chi connectivity index (χ3v) is 15.0. The number of carbonyl (C=O) groups is 3. The molecule has 2 saturated heterocycles.